The lowest BCUT2D eigenvalue weighted by molar-refractivity contribution is -0.380. The average molecular weight is 169 g/mol. The maximum atomic E-state index is 10.2. The largest absolute Gasteiger partial charge is 0.343 e. The molecule has 0 aliphatic heterocycles. The average Bonchev–Trinajstić information content (AvgIpc) is 2.40. The van der Waals surface area contributed by atoms with Crippen LogP contribution < -0.4 is 0 Å². The summed E-state index contributed by atoms with van der Waals surface area (Å²) in [5.41, 5.74) is 0. The van der Waals surface area contributed by atoms with E-state index in [2.05, 4.69) is 4.98 Å². The minimum absolute atomic E-state index is 0.119. The molecular weight excluding hydrogens is 166 g/mol. The van der Waals surface area contributed by atoms with Crippen molar-refractivity contribution in [2.24, 2.45) is 0 Å². The fourth-order valence-corrected chi connectivity index (χ4v) is 1.56. The molecule has 0 unspecified atom stereocenters. The van der Waals surface area contributed by atoms with Gasteiger partial charge in [-0.15, -0.1) is 0 Å². The Labute approximate surface area is 65.1 Å². The topological polar surface area (TPSA) is 60.4 Å². The maximum Gasteiger partial charge on any atom is 0.343 e. The molecule has 5 nitrogen and oxygen atoms in total. The molecule has 2 rings (SSSR count). The van der Waals surface area contributed by atoms with Crippen LogP contribution >= 0.6 is 11.3 Å². The zero-order valence-corrected chi connectivity index (χ0v) is 6.11. The normalized spacial score (nSPS) is 10.5. The summed E-state index contributed by atoms with van der Waals surface area (Å²) in [6.07, 6.45) is 4.74. The van der Waals surface area contributed by atoms with Gasteiger partial charge in [-0.1, -0.05) is 0 Å². The molecule has 11 heavy (non-hydrogen) atoms. The summed E-state index contributed by atoms with van der Waals surface area (Å²) in [4.78, 5) is 14.4. The van der Waals surface area contributed by atoms with Crippen LogP contribution in [0.5, 0.6) is 0 Å². The van der Waals surface area contributed by atoms with E-state index in [9.17, 15) is 10.1 Å². The second-order valence-corrected chi connectivity index (χ2v) is 2.93. The van der Waals surface area contributed by atoms with Crippen LogP contribution in [0.4, 0.5) is 5.00 Å². The van der Waals surface area contributed by atoms with Gasteiger partial charge in [-0.3, -0.25) is 14.5 Å². The van der Waals surface area contributed by atoms with E-state index in [1.807, 2.05) is 0 Å². The Morgan fingerprint density at radius 2 is 2.55 bits per heavy atom. The van der Waals surface area contributed by atoms with Crippen molar-refractivity contribution in [1.29, 1.82) is 0 Å². The molecule has 56 valence electrons. The Balaban J connectivity index is 2.67. The highest BCUT2D eigenvalue weighted by molar-refractivity contribution is 7.20. The Kier molecular flexibility index (Phi) is 1.16. The van der Waals surface area contributed by atoms with Gasteiger partial charge in [-0.2, -0.15) is 0 Å². The third-order valence-electron chi connectivity index (χ3n) is 1.26. The van der Waals surface area contributed by atoms with Gasteiger partial charge in [-0.25, -0.2) is 4.98 Å². The molecule has 0 spiro atoms. The highest BCUT2D eigenvalue weighted by atomic mass is 32.1. The van der Waals surface area contributed by atoms with Gasteiger partial charge >= 0.3 is 5.00 Å². The molecule has 6 heteroatoms. The number of hydrogen-bond donors (Lipinski definition) is 0. The van der Waals surface area contributed by atoms with Gasteiger partial charge in [0.1, 0.15) is 6.20 Å². The van der Waals surface area contributed by atoms with Gasteiger partial charge in [0.25, 0.3) is 0 Å². The zero-order chi connectivity index (χ0) is 7.84. The number of imidazole rings is 1. The molecule has 0 bridgehead atoms. The molecule has 0 atom stereocenters. The van der Waals surface area contributed by atoms with Gasteiger partial charge in [0.05, 0.1) is 4.92 Å². The van der Waals surface area contributed by atoms with Gasteiger partial charge in [0.2, 0.25) is 0 Å². The maximum absolute atomic E-state index is 10.2. The number of rotatable bonds is 1. The SMILES string of the molecule is O=[N+]([O-])c1cn2ccnc2s1. The molecule has 2 aromatic heterocycles. The summed E-state index contributed by atoms with van der Waals surface area (Å²) in [5, 5.41) is 10.4. The van der Waals surface area contributed by atoms with Crippen molar-refractivity contribution in [2.45, 2.75) is 0 Å². The minimum atomic E-state index is -0.417. The van der Waals surface area contributed by atoms with E-state index in [4.69, 9.17) is 0 Å². The van der Waals surface area contributed by atoms with E-state index in [-0.39, 0.29) is 5.00 Å². The molecule has 0 radical (unpaired) electrons. The minimum Gasteiger partial charge on any atom is -0.291 e. The summed E-state index contributed by atoms with van der Waals surface area (Å²) < 4.78 is 1.63. The van der Waals surface area contributed by atoms with Crippen LogP contribution in [-0.2, 0) is 0 Å². The summed E-state index contributed by atoms with van der Waals surface area (Å²) in [6.45, 7) is 0. The van der Waals surface area contributed by atoms with Crippen molar-refractivity contribution >= 4 is 21.3 Å². The van der Waals surface area contributed by atoms with E-state index < -0.39 is 4.92 Å². The summed E-state index contributed by atoms with van der Waals surface area (Å²) in [6, 6.07) is 0. The number of fused-ring (bicyclic) bond motifs is 1. The number of aromatic nitrogens is 2. The molecule has 0 aliphatic rings. The molecule has 2 aromatic rings. The van der Waals surface area contributed by atoms with Crippen molar-refractivity contribution in [1.82, 2.24) is 9.38 Å². The second-order valence-electron chi connectivity index (χ2n) is 1.94. The van der Waals surface area contributed by atoms with Crippen molar-refractivity contribution < 1.29 is 4.92 Å². The van der Waals surface area contributed by atoms with Crippen LogP contribution in [0.2, 0.25) is 0 Å². The fraction of sp³-hybridized carbons (Fsp3) is 0. The van der Waals surface area contributed by atoms with Gasteiger partial charge in [0, 0.05) is 12.4 Å². The smallest absolute Gasteiger partial charge is 0.291 e. The summed E-state index contributed by atoms with van der Waals surface area (Å²) >= 11 is 1.06. The Morgan fingerprint density at radius 1 is 1.73 bits per heavy atom. The predicted molar refractivity (Wildman–Crippen MR) is 39.7 cm³/mol. The molecular formula is C5H3N3O2S. The van der Waals surface area contributed by atoms with E-state index in [0.717, 1.165) is 11.3 Å². The zero-order valence-electron chi connectivity index (χ0n) is 5.30. The van der Waals surface area contributed by atoms with Crippen LogP contribution in [0.3, 0.4) is 0 Å². The number of nitrogens with zero attached hydrogens (tertiary/aromatic N) is 3. The first kappa shape index (κ1) is 6.29. The predicted octanol–water partition coefficient (Wildman–Crippen LogP) is 1.30. The monoisotopic (exact) mass is 169 g/mol. The van der Waals surface area contributed by atoms with Crippen molar-refractivity contribution in [3.05, 3.63) is 28.7 Å². The van der Waals surface area contributed by atoms with E-state index >= 15 is 0 Å². The number of thiazole rings is 1. The number of hydrogen-bond acceptors (Lipinski definition) is 4. The lowest BCUT2D eigenvalue weighted by atomic mass is 10.8. The molecule has 0 aromatic carbocycles. The molecule has 0 fully saturated rings. The first-order chi connectivity index (χ1) is 5.27. The molecule has 0 N–H and O–H groups in total. The number of nitro groups is 1. The lowest BCUT2D eigenvalue weighted by Crippen LogP contribution is -1.81. The first-order valence-corrected chi connectivity index (χ1v) is 3.66. The van der Waals surface area contributed by atoms with Crippen LogP contribution in [0.15, 0.2) is 18.6 Å². The molecule has 0 amide bonds. The molecule has 0 saturated carbocycles. The Morgan fingerprint density at radius 3 is 3.18 bits per heavy atom. The van der Waals surface area contributed by atoms with Crippen molar-refractivity contribution in [3.8, 4) is 0 Å². The first-order valence-electron chi connectivity index (χ1n) is 2.84. The highest BCUT2D eigenvalue weighted by Gasteiger charge is 2.10. The van der Waals surface area contributed by atoms with Gasteiger partial charge in [-0.05, 0) is 11.3 Å². The van der Waals surface area contributed by atoms with Crippen LogP contribution in [0.1, 0.15) is 0 Å². The fourth-order valence-electron chi connectivity index (χ4n) is 0.800. The van der Waals surface area contributed by atoms with E-state index in [1.165, 1.54) is 6.20 Å². The Bertz CT molecular complexity index is 376. The summed E-state index contributed by atoms with van der Waals surface area (Å²) in [7, 11) is 0. The van der Waals surface area contributed by atoms with E-state index in [1.54, 1.807) is 16.8 Å². The van der Waals surface area contributed by atoms with Crippen LogP contribution in [0.25, 0.3) is 4.96 Å². The summed E-state index contributed by atoms with van der Waals surface area (Å²) in [5.74, 6) is 0. The quantitative estimate of drug-likeness (QED) is 0.477. The van der Waals surface area contributed by atoms with E-state index in [0.29, 0.717) is 4.96 Å². The molecule has 0 aliphatic carbocycles. The van der Waals surface area contributed by atoms with Crippen LogP contribution in [0, 0.1) is 10.1 Å². The second kappa shape index (κ2) is 2.03. The van der Waals surface area contributed by atoms with Gasteiger partial charge in [0.15, 0.2) is 4.96 Å². The Hall–Kier alpha value is -1.43. The molecule has 0 saturated heterocycles. The molecule has 2 heterocycles. The third-order valence-corrected chi connectivity index (χ3v) is 2.22. The lowest BCUT2D eigenvalue weighted by Gasteiger charge is -1.77. The van der Waals surface area contributed by atoms with Crippen molar-refractivity contribution in [3.63, 3.8) is 0 Å². The van der Waals surface area contributed by atoms with Crippen molar-refractivity contribution in [2.75, 3.05) is 0 Å². The highest BCUT2D eigenvalue weighted by Crippen LogP contribution is 2.22. The standard InChI is InChI=1S/C5H3N3O2S/c9-8(10)4-3-7-2-1-6-5(7)11-4/h1-3H. The van der Waals surface area contributed by atoms with Crippen LogP contribution in [-0.4, -0.2) is 14.3 Å². The third kappa shape index (κ3) is 0.874. The van der Waals surface area contributed by atoms with Gasteiger partial charge < -0.3 is 0 Å².